The molecule has 1 aliphatic heterocycles. The second-order valence-electron chi connectivity index (χ2n) is 9.93. The summed E-state index contributed by atoms with van der Waals surface area (Å²) in [4.78, 5) is 59.3. The van der Waals surface area contributed by atoms with Crippen molar-refractivity contribution in [2.75, 3.05) is 31.1 Å². The Morgan fingerprint density at radius 3 is 2.54 bits per heavy atom. The smallest absolute Gasteiger partial charge is 0.332 e. The molecule has 0 saturated heterocycles. The van der Waals surface area contributed by atoms with E-state index in [4.69, 9.17) is 0 Å². The van der Waals surface area contributed by atoms with Crippen molar-refractivity contribution in [1.29, 1.82) is 0 Å². The molecule has 37 heavy (non-hydrogen) atoms. The maximum absolute atomic E-state index is 13.4. The molecule has 2 aromatic heterocycles. The van der Waals surface area contributed by atoms with Crippen LogP contribution in [0.3, 0.4) is 0 Å². The first-order valence-corrected chi connectivity index (χ1v) is 12.7. The number of hydrogen-bond acceptors (Lipinski definition) is 6. The normalized spacial score (nSPS) is 15.1. The predicted octanol–water partition coefficient (Wildman–Crippen LogP) is 0.835. The van der Waals surface area contributed by atoms with Gasteiger partial charge in [0, 0.05) is 58.9 Å². The van der Waals surface area contributed by atoms with Crippen LogP contribution >= 0.6 is 0 Å². The topological polar surface area (TPSA) is 114 Å². The lowest BCUT2D eigenvalue weighted by atomic mass is 10.1. The number of imidazole rings is 1. The van der Waals surface area contributed by atoms with E-state index in [2.05, 4.69) is 10.3 Å². The fraction of sp³-hybridized carbons (Fsp3) is 0.500. The van der Waals surface area contributed by atoms with Crippen molar-refractivity contribution in [3.05, 3.63) is 57.0 Å². The van der Waals surface area contributed by atoms with Crippen LogP contribution in [0, 0.1) is 5.92 Å². The molecule has 0 spiro atoms. The van der Waals surface area contributed by atoms with E-state index < -0.39 is 11.2 Å². The number of anilines is 1. The molecule has 3 aromatic rings. The summed E-state index contributed by atoms with van der Waals surface area (Å²) in [5.74, 6) is 0.158. The number of aryl methyl sites for hydroxylation is 1. The van der Waals surface area contributed by atoms with E-state index in [1.807, 2.05) is 43.0 Å². The molecule has 0 unspecified atom stereocenters. The number of carbonyl (C=O) groups excluding carboxylic acids is 2. The van der Waals surface area contributed by atoms with Gasteiger partial charge in [-0.1, -0.05) is 32.0 Å². The summed E-state index contributed by atoms with van der Waals surface area (Å²) in [5, 5.41) is 3.40. The zero-order valence-corrected chi connectivity index (χ0v) is 21.9. The van der Waals surface area contributed by atoms with E-state index in [-0.39, 0.29) is 35.4 Å². The molecule has 3 heterocycles. The van der Waals surface area contributed by atoms with Crippen LogP contribution in [0.2, 0.25) is 0 Å². The molecule has 0 fully saturated rings. The molecule has 0 bridgehead atoms. The third-order valence-electron chi connectivity index (χ3n) is 6.73. The molecule has 198 valence electrons. The van der Waals surface area contributed by atoms with Crippen molar-refractivity contribution in [3.8, 4) is 0 Å². The van der Waals surface area contributed by atoms with Crippen LogP contribution in [0.4, 0.5) is 5.69 Å². The van der Waals surface area contributed by atoms with Gasteiger partial charge < -0.3 is 19.7 Å². The van der Waals surface area contributed by atoms with Crippen LogP contribution in [-0.2, 0) is 36.8 Å². The highest BCUT2D eigenvalue weighted by Crippen LogP contribution is 2.23. The Hall–Kier alpha value is -3.73. The highest BCUT2D eigenvalue weighted by atomic mass is 16.2. The maximum atomic E-state index is 13.4. The molecule has 0 radical (unpaired) electrons. The van der Waals surface area contributed by atoms with Gasteiger partial charge in [-0.25, -0.2) is 9.78 Å². The van der Waals surface area contributed by atoms with Crippen LogP contribution in [0.15, 0.2) is 40.2 Å². The van der Waals surface area contributed by atoms with Gasteiger partial charge >= 0.3 is 5.69 Å². The lowest BCUT2D eigenvalue weighted by Gasteiger charge is -2.27. The SMILES string of the molecule is CC(C)CC(=O)N1CCCN(C(=O)Cn2cnc3c2c(=O)n(C)c(=O)n3C)CCNCc2ccccc21. The summed E-state index contributed by atoms with van der Waals surface area (Å²) in [7, 11) is 2.96. The second-order valence-corrected chi connectivity index (χ2v) is 9.93. The van der Waals surface area contributed by atoms with Crippen molar-refractivity contribution >= 4 is 28.7 Å². The summed E-state index contributed by atoms with van der Waals surface area (Å²) in [6.45, 7) is 6.62. The Morgan fingerprint density at radius 1 is 1.03 bits per heavy atom. The zero-order valence-electron chi connectivity index (χ0n) is 21.9. The number of hydrogen-bond donors (Lipinski definition) is 1. The minimum Gasteiger partial charge on any atom is -0.340 e. The molecule has 1 aromatic carbocycles. The summed E-state index contributed by atoms with van der Waals surface area (Å²) in [6.07, 6.45) is 2.50. The van der Waals surface area contributed by atoms with Gasteiger partial charge in [0.25, 0.3) is 5.56 Å². The Kier molecular flexibility index (Phi) is 7.91. The van der Waals surface area contributed by atoms with Crippen LogP contribution in [0.1, 0.15) is 32.3 Å². The van der Waals surface area contributed by atoms with Crippen molar-refractivity contribution < 1.29 is 9.59 Å². The number of para-hydroxylation sites is 1. The summed E-state index contributed by atoms with van der Waals surface area (Å²) < 4.78 is 3.82. The van der Waals surface area contributed by atoms with Crippen LogP contribution < -0.4 is 21.5 Å². The molecule has 0 atom stereocenters. The van der Waals surface area contributed by atoms with Crippen molar-refractivity contribution in [1.82, 2.24) is 28.9 Å². The standard InChI is InChI=1S/C26H35N7O4/c1-18(2)14-21(34)33-12-7-11-31(13-10-27-15-19-8-5-6-9-20(19)33)22(35)16-32-17-28-24-23(32)25(36)30(4)26(37)29(24)3/h5-6,8-9,17-18,27H,7,10-16H2,1-4H3. The van der Waals surface area contributed by atoms with Crippen LogP contribution in [0.5, 0.6) is 0 Å². The van der Waals surface area contributed by atoms with Crippen molar-refractivity contribution in [2.24, 2.45) is 20.0 Å². The molecule has 0 aliphatic carbocycles. The van der Waals surface area contributed by atoms with E-state index in [0.717, 1.165) is 15.8 Å². The Labute approximate surface area is 215 Å². The number of fused-ring (bicyclic) bond motifs is 2. The summed E-state index contributed by atoms with van der Waals surface area (Å²) in [5.41, 5.74) is 1.47. The molecule has 1 N–H and O–H groups in total. The quantitative estimate of drug-likeness (QED) is 0.557. The third kappa shape index (κ3) is 5.51. The fourth-order valence-corrected chi connectivity index (χ4v) is 4.74. The minimum absolute atomic E-state index is 0.0693. The second kappa shape index (κ2) is 11.1. The fourth-order valence-electron chi connectivity index (χ4n) is 4.74. The van der Waals surface area contributed by atoms with Crippen molar-refractivity contribution in [2.45, 2.75) is 39.8 Å². The largest absolute Gasteiger partial charge is 0.340 e. The van der Waals surface area contributed by atoms with E-state index in [1.54, 1.807) is 11.9 Å². The number of aromatic nitrogens is 4. The summed E-state index contributed by atoms with van der Waals surface area (Å²) >= 11 is 0. The molecule has 2 amide bonds. The predicted molar refractivity (Wildman–Crippen MR) is 141 cm³/mol. The first-order valence-electron chi connectivity index (χ1n) is 12.7. The van der Waals surface area contributed by atoms with Gasteiger partial charge in [-0.05, 0) is 24.0 Å². The van der Waals surface area contributed by atoms with Gasteiger partial charge in [0.05, 0.1) is 6.33 Å². The zero-order chi connectivity index (χ0) is 26.7. The third-order valence-corrected chi connectivity index (χ3v) is 6.73. The Morgan fingerprint density at radius 2 is 1.78 bits per heavy atom. The van der Waals surface area contributed by atoms with Crippen LogP contribution in [0.25, 0.3) is 11.2 Å². The van der Waals surface area contributed by atoms with Gasteiger partial charge in [-0.3, -0.25) is 23.5 Å². The molecule has 0 saturated carbocycles. The van der Waals surface area contributed by atoms with Gasteiger partial charge in [-0.15, -0.1) is 0 Å². The van der Waals surface area contributed by atoms with E-state index in [1.165, 1.54) is 22.5 Å². The average molecular weight is 510 g/mol. The first kappa shape index (κ1) is 26.3. The lowest BCUT2D eigenvalue weighted by molar-refractivity contribution is -0.131. The van der Waals surface area contributed by atoms with Crippen LogP contribution in [-0.4, -0.2) is 61.6 Å². The number of benzene rings is 1. The molecule has 11 heteroatoms. The number of carbonyl (C=O) groups is 2. The molecular weight excluding hydrogens is 474 g/mol. The number of nitrogens with zero attached hydrogens (tertiary/aromatic N) is 6. The number of amides is 2. The molecule has 11 nitrogen and oxygen atoms in total. The van der Waals surface area contributed by atoms with E-state index >= 15 is 0 Å². The lowest BCUT2D eigenvalue weighted by Crippen LogP contribution is -2.41. The molecule has 1 aliphatic rings. The van der Waals surface area contributed by atoms with Gasteiger partial charge in [-0.2, -0.15) is 0 Å². The minimum atomic E-state index is -0.487. The highest BCUT2D eigenvalue weighted by molar-refractivity contribution is 5.94. The number of rotatable bonds is 4. The average Bonchev–Trinajstić information content (AvgIpc) is 3.26. The summed E-state index contributed by atoms with van der Waals surface area (Å²) in [6, 6.07) is 7.92. The monoisotopic (exact) mass is 509 g/mol. The Balaban J connectivity index is 1.55. The van der Waals surface area contributed by atoms with E-state index in [9.17, 15) is 19.2 Å². The maximum Gasteiger partial charge on any atom is 0.332 e. The first-order chi connectivity index (χ1) is 17.7. The molecule has 4 rings (SSSR count). The van der Waals surface area contributed by atoms with Gasteiger partial charge in [0.2, 0.25) is 11.8 Å². The van der Waals surface area contributed by atoms with Gasteiger partial charge in [0.1, 0.15) is 6.54 Å². The van der Waals surface area contributed by atoms with Crippen molar-refractivity contribution in [3.63, 3.8) is 0 Å². The Bertz CT molecular complexity index is 1420. The van der Waals surface area contributed by atoms with E-state index in [0.29, 0.717) is 45.6 Å². The van der Waals surface area contributed by atoms with Gasteiger partial charge in [0.15, 0.2) is 11.2 Å². The molecular formula is C26H35N7O4. The number of nitrogens with one attached hydrogen (secondary N) is 1. The highest BCUT2D eigenvalue weighted by Gasteiger charge is 2.23.